The Morgan fingerprint density at radius 3 is 2.14 bits per heavy atom. The van der Waals surface area contributed by atoms with E-state index < -0.39 is 0 Å². The van der Waals surface area contributed by atoms with Gasteiger partial charge < -0.3 is 15.5 Å². The quantitative estimate of drug-likeness (QED) is 0.846. The topological polar surface area (TPSA) is 61.4 Å². The molecule has 0 radical (unpaired) electrons. The fraction of sp³-hybridized carbons (Fsp3) is 0.500. The molecule has 5 nitrogen and oxygen atoms in total. The van der Waals surface area contributed by atoms with Crippen LogP contribution in [0.25, 0.3) is 0 Å². The number of nitrogens with zero attached hydrogens (tertiary/aromatic N) is 1. The van der Waals surface area contributed by atoms with Crippen molar-refractivity contribution in [2.24, 2.45) is 5.92 Å². The molecule has 21 heavy (non-hydrogen) atoms. The van der Waals surface area contributed by atoms with Crippen molar-refractivity contribution in [1.82, 2.24) is 10.2 Å². The van der Waals surface area contributed by atoms with Gasteiger partial charge in [0.25, 0.3) is 5.91 Å². The molecule has 0 aliphatic carbocycles. The molecule has 0 aromatic heterocycles. The molecule has 1 aromatic carbocycles. The second-order valence-electron chi connectivity index (χ2n) is 5.28. The number of urea groups is 1. The summed E-state index contributed by atoms with van der Waals surface area (Å²) in [6, 6.07) is 6.79. The lowest BCUT2D eigenvalue weighted by atomic mass is 10.1. The first-order valence-corrected chi connectivity index (χ1v) is 7.42. The van der Waals surface area contributed by atoms with Crippen molar-refractivity contribution < 1.29 is 9.59 Å². The highest BCUT2D eigenvalue weighted by Crippen LogP contribution is 2.10. The van der Waals surface area contributed by atoms with E-state index in [9.17, 15) is 9.59 Å². The van der Waals surface area contributed by atoms with E-state index in [-0.39, 0.29) is 11.9 Å². The van der Waals surface area contributed by atoms with Gasteiger partial charge in [-0.3, -0.25) is 4.79 Å². The SMILES string of the molecule is CCN(CC)C(=O)Nc1ccc(C(=O)NCC(C)C)cc1. The number of amides is 3. The minimum atomic E-state index is -0.128. The van der Waals surface area contributed by atoms with Crippen LogP contribution in [-0.4, -0.2) is 36.5 Å². The Kier molecular flexibility index (Phi) is 6.72. The summed E-state index contributed by atoms with van der Waals surface area (Å²) in [5, 5.41) is 5.68. The normalized spacial score (nSPS) is 10.3. The molecule has 0 aliphatic heterocycles. The Balaban J connectivity index is 2.61. The predicted octanol–water partition coefficient (Wildman–Crippen LogP) is 2.95. The summed E-state index contributed by atoms with van der Waals surface area (Å²) in [7, 11) is 0. The largest absolute Gasteiger partial charge is 0.352 e. The van der Waals surface area contributed by atoms with Crippen molar-refractivity contribution in [3.05, 3.63) is 29.8 Å². The summed E-state index contributed by atoms with van der Waals surface area (Å²) in [5.74, 6) is 0.326. The number of carbonyl (C=O) groups is 2. The first kappa shape index (κ1) is 17.0. The summed E-state index contributed by atoms with van der Waals surface area (Å²) in [6.07, 6.45) is 0. The van der Waals surface area contributed by atoms with Crippen LogP contribution in [0.15, 0.2) is 24.3 Å². The Morgan fingerprint density at radius 1 is 1.10 bits per heavy atom. The summed E-state index contributed by atoms with van der Waals surface area (Å²) >= 11 is 0. The molecular formula is C16H25N3O2. The fourth-order valence-corrected chi connectivity index (χ4v) is 1.82. The number of nitrogens with one attached hydrogen (secondary N) is 2. The molecule has 5 heteroatoms. The summed E-state index contributed by atoms with van der Waals surface area (Å²) in [5.41, 5.74) is 1.28. The van der Waals surface area contributed by atoms with Crippen LogP contribution in [0.2, 0.25) is 0 Å². The minimum absolute atomic E-state index is 0.0923. The Hall–Kier alpha value is -2.04. The van der Waals surface area contributed by atoms with Crippen LogP contribution in [0.4, 0.5) is 10.5 Å². The highest BCUT2D eigenvalue weighted by atomic mass is 16.2. The maximum atomic E-state index is 11.9. The average molecular weight is 291 g/mol. The standard InChI is InChI=1S/C16H25N3O2/c1-5-19(6-2)16(21)18-14-9-7-13(8-10-14)15(20)17-11-12(3)4/h7-10,12H,5-6,11H2,1-4H3,(H,17,20)(H,18,21). The van der Waals surface area contributed by atoms with E-state index in [4.69, 9.17) is 0 Å². The molecule has 116 valence electrons. The zero-order valence-corrected chi connectivity index (χ0v) is 13.3. The Labute approximate surface area is 126 Å². The third kappa shape index (κ3) is 5.45. The van der Waals surface area contributed by atoms with E-state index in [0.717, 1.165) is 0 Å². The second kappa shape index (κ2) is 8.29. The lowest BCUT2D eigenvalue weighted by Gasteiger charge is -2.19. The number of hydrogen-bond acceptors (Lipinski definition) is 2. The first-order chi connectivity index (χ1) is 9.97. The van der Waals surface area contributed by atoms with Crippen LogP contribution in [0.3, 0.4) is 0 Å². The van der Waals surface area contributed by atoms with E-state index in [0.29, 0.717) is 36.8 Å². The summed E-state index contributed by atoms with van der Waals surface area (Å²) in [6.45, 7) is 9.95. The molecule has 3 amide bonds. The summed E-state index contributed by atoms with van der Waals surface area (Å²) in [4.78, 5) is 25.5. The Morgan fingerprint density at radius 2 is 1.67 bits per heavy atom. The van der Waals surface area contributed by atoms with Crippen molar-refractivity contribution in [3.8, 4) is 0 Å². The van der Waals surface area contributed by atoms with Crippen LogP contribution in [0, 0.1) is 5.92 Å². The van der Waals surface area contributed by atoms with Crippen LogP contribution >= 0.6 is 0 Å². The minimum Gasteiger partial charge on any atom is -0.352 e. The van der Waals surface area contributed by atoms with E-state index in [1.807, 2.05) is 27.7 Å². The fourth-order valence-electron chi connectivity index (χ4n) is 1.82. The van der Waals surface area contributed by atoms with E-state index in [1.54, 1.807) is 29.2 Å². The molecule has 0 spiro atoms. The molecule has 0 unspecified atom stereocenters. The number of hydrogen-bond donors (Lipinski definition) is 2. The van der Waals surface area contributed by atoms with Gasteiger partial charge in [-0.15, -0.1) is 0 Å². The average Bonchev–Trinajstić information content (AvgIpc) is 2.46. The third-order valence-corrected chi connectivity index (χ3v) is 3.12. The molecule has 2 N–H and O–H groups in total. The van der Waals surface area contributed by atoms with Crippen molar-refractivity contribution in [2.75, 3.05) is 25.0 Å². The molecule has 1 rings (SSSR count). The smallest absolute Gasteiger partial charge is 0.321 e. The van der Waals surface area contributed by atoms with E-state index in [1.165, 1.54) is 0 Å². The second-order valence-corrected chi connectivity index (χ2v) is 5.28. The predicted molar refractivity (Wildman–Crippen MR) is 85.6 cm³/mol. The van der Waals surface area contributed by atoms with Gasteiger partial charge in [-0.05, 0) is 44.0 Å². The highest BCUT2D eigenvalue weighted by Gasteiger charge is 2.10. The molecule has 1 aromatic rings. The van der Waals surface area contributed by atoms with Gasteiger partial charge in [-0.25, -0.2) is 4.79 Å². The van der Waals surface area contributed by atoms with Gasteiger partial charge in [0, 0.05) is 30.9 Å². The van der Waals surface area contributed by atoms with Crippen LogP contribution in [0.1, 0.15) is 38.1 Å². The monoisotopic (exact) mass is 291 g/mol. The number of anilines is 1. The van der Waals surface area contributed by atoms with Crippen molar-refractivity contribution >= 4 is 17.6 Å². The van der Waals surface area contributed by atoms with Crippen molar-refractivity contribution in [2.45, 2.75) is 27.7 Å². The van der Waals surface area contributed by atoms with Crippen molar-refractivity contribution in [3.63, 3.8) is 0 Å². The van der Waals surface area contributed by atoms with Gasteiger partial charge in [-0.2, -0.15) is 0 Å². The first-order valence-electron chi connectivity index (χ1n) is 7.42. The van der Waals surface area contributed by atoms with E-state index >= 15 is 0 Å². The molecule has 0 saturated heterocycles. The molecular weight excluding hydrogens is 266 g/mol. The van der Waals surface area contributed by atoms with Gasteiger partial charge in [-0.1, -0.05) is 13.8 Å². The van der Waals surface area contributed by atoms with Gasteiger partial charge in [0.15, 0.2) is 0 Å². The lowest BCUT2D eigenvalue weighted by Crippen LogP contribution is -2.34. The van der Waals surface area contributed by atoms with Crippen LogP contribution in [-0.2, 0) is 0 Å². The highest BCUT2D eigenvalue weighted by molar-refractivity contribution is 5.95. The Bertz CT molecular complexity index is 465. The molecule has 0 aliphatic rings. The molecule has 0 bridgehead atoms. The molecule has 0 atom stereocenters. The summed E-state index contributed by atoms with van der Waals surface area (Å²) < 4.78 is 0. The van der Waals surface area contributed by atoms with Gasteiger partial charge in [0.05, 0.1) is 0 Å². The maximum Gasteiger partial charge on any atom is 0.321 e. The van der Waals surface area contributed by atoms with Gasteiger partial charge >= 0.3 is 6.03 Å². The zero-order chi connectivity index (χ0) is 15.8. The number of benzene rings is 1. The molecule has 0 saturated carbocycles. The molecule has 0 heterocycles. The lowest BCUT2D eigenvalue weighted by molar-refractivity contribution is 0.0949. The van der Waals surface area contributed by atoms with Gasteiger partial charge in [0.2, 0.25) is 0 Å². The maximum absolute atomic E-state index is 11.9. The van der Waals surface area contributed by atoms with Crippen molar-refractivity contribution in [1.29, 1.82) is 0 Å². The molecule has 0 fully saturated rings. The van der Waals surface area contributed by atoms with Crippen LogP contribution in [0.5, 0.6) is 0 Å². The third-order valence-electron chi connectivity index (χ3n) is 3.12. The number of carbonyl (C=O) groups excluding carboxylic acids is 2. The van der Waals surface area contributed by atoms with Crippen LogP contribution < -0.4 is 10.6 Å². The number of rotatable bonds is 6. The van der Waals surface area contributed by atoms with Gasteiger partial charge in [0.1, 0.15) is 0 Å². The van der Waals surface area contributed by atoms with E-state index in [2.05, 4.69) is 10.6 Å². The zero-order valence-electron chi connectivity index (χ0n) is 13.3.